The summed E-state index contributed by atoms with van der Waals surface area (Å²) in [5.41, 5.74) is 0.713. The molecule has 0 radical (unpaired) electrons. The number of rotatable bonds is 6. The monoisotopic (exact) mass is 455 g/mol. The average Bonchev–Trinajstić information content (AvgIpc) is 3.27. The van der Waals surface area contributed by atoms with Gasteiger partial charge in [0.1, 0.15) is 17.0 Å². The second-order valence-corrected chi connectivity index (χ2v) is 8.10. The van der Waals surface area contributed by atoms with Gasteiger partial charge in [-0.3, -0.25) is 14.2 Å². The number of methoxy groups -OCH3 is 1. The number of benzene rings is 2. The average molecular weight is 456 g/mol. The van der Waals surface area contributed by atoms with Crippen LogP contribution in [-0.4, -0.2) is 22.2 Å². The van der Waals surface area contributed by atoms with Crippen LogP contribution in [0.15, 0.2) is 69.6 Å². The molecule has 0 aliphatic heterocycles. The van der Waals surface area contributed by atoms with Crippen molar-refractivity contribution >= 4 is 39.1 Å². The SMILES string of the molecule is COc1ccc(CNC(=O)Cn2c(=O)n(-c3ccc(Cl)cc3)c(=O)c3sccc32)cc1. The van der Waals surface area contributed by atoms with Crippen molar-refractivity contribution in [1.82, 2.24) is 14.5 Å². The first-order valence-electron chi connectivity index (χ1n) is 9.36. The van der Waals surface area contributed by atoms with E-state index >= 15 is 0 Å². The largest absolute Gasteiger partial charge is 0.497 e. The maximum Gasteiger partial charge on any atom is 0.336 e. The minimum atomic E-state index is -0.585. The molecular weight excluding hydrogens is 438 g/mol. The minimum absolute atomic E-state index is 0.212. The van der Waals surface area contributed by atoms with Crippen LogP contribution in [0.5, 0.6) is 5.75 Å². The summed E-state index contributed by atoms with van der Waals surface area (Å²) >= 11 is 7.16. The highest BCUT2D eigenvalue weighted by molar-refractivity contribution is 7.17. The fourth-order valence-corrected chi connectivity index (χ4v) is 4.15. The highest BCUT2D eigenvalue weighted by Gasteiger charge is 2.17. The summed E-state index contributed by atoms with van der Waals surface area (Å²) in [5.74, 6) is 0.387. The summed E-state index contributed by atoms with van der Waals surface area (Å²) in [6.45, 7) is 0.0945. The first-order chi connectivity index (χ1) is 15.0. The number of aromatic nitrogens is 2. The summed E-state index contributed by atoms with van der Waals surface area (Å²) in [6.07, 6.45) is 0. The molecule has 1 amide bonds. The van der Waals surface area contributed by atoms with Crippen molar-refractivity contribution < 1.29 is 9.53 Å². The Morgan fingerprint density at radius 3 is 2.45 bits per heavy atom. The summed E-state index contributed by atoms with van der Waals surface area (Å²) < 4.78 is 7.90. The molecule has 2 aromatic carbocycles. The third kappa shape index (κ3) is 4.26. The molecule has 7 nitrogen and oxygen atoms in total. The topological polar surface area (TPSA) is 82.3 Å². The predicted molar refractivity (Wildman–Crippen MR) is 122 cm³/mol. The van der Waals surface area contributed by atoms with Gasteiger partial charge in [0.05, 0.1) is 18.3 Å². The lowest BCUT2D eigenvalue weighted by Gasteiger charge is -2.13. The number of carbonyl (C=O) groups excluding carboxylic acids is 1. The molecule has 31 heavy (non-hydrogen) atoms. The number of carbonyl (C=O) groups is 1. The molecule has 4 aromatic rings. The molecule has 0 spiro atoms. The Morgan fingerprint density at radius 2 is 1.77 bits per heavy atom. The molecule has 0 fully saturated rings. The highest BCUT2D eigenvalue weighted by atomic mass is 35.5. The van der Waals surface area contributed by atoms with Crippen LogP contribution in [-0.2, 0) is 17.9 Å². The van der Waals surface area contributed by atoms with Gasteiger partial charge in [0, 0.05) is 11.6 Å². The third-order valence-corrected chi connectivity index (χ3v) is 5.93. The Kier molecular flexibility index (Phi) is 5.92. The zero-order chi connectivity index (χ0) is 22.0. The molecule has 0 atom stereocenters. The fraction of sp³-hybridized carbons (Fsp3) is 0.136. The maximum absolute atomic E-state index is 13.2. The lowest BCUT2D eigenvalue weighted by Crippen LogP contribution is -2.41. The lowest BCUT2D eigenvalue weighted by atomic mass is 10.2. The fourth-order valence-electron chi connectivity index (χ4n) is 3.20. The molecule has 0 aliphatic carbocycles. The number of thiophene rings is 1. The number of nitrogens with zero attached hydrogens (tertiary/aromatic N) is 2. The molecule has 2 heterocycles. The molecule has 4 rings (SSSR count). The molecule has 0 saturated heterocycles. The van der Waals surface area contributed by atoms with Gasteiger partial charge < -0.3 is 10.1 Å². The van der Waals surface area contributed by atoms with E-state index in [1.165, 1.54) is 15.9 Å². The minimum Gasteiger partial charge on any atom is -0.497 e. The first kappa shape index (κ1) is 20.9. The standard InChI is InChI=1S/C22H18ClN3O4S/c1-30-17-8-2-14(3-9-17)12-24-19(27)13-25-18-10-11-31-20(18)21(28)26(22(25)29)16-6-4-15(23)5-7-16/h2-11H,12-13H2,1H3,(H,24,27). The Hall–Kier alpha value is -3.36. The van der Waals surface area contributed by atoms with Crippen LogP contribution < -0.4 is 21.3 Å². The summed E-state index contributed by atoms with van der Waals surface area (Å²) in [7, 11) is 1.59. The number of fused-ring (bicyclic) bond motifs is 1. The molecule has 158 valence electrons. The van der Waals surface area contributed by atoms with Crippen molar-refractivity contribution in [3.05, 3.63) is 91.4 Å². The zero-order valence-electron chi connectivity index (χ0n) is 16.5. The normalized spacial score (nSPS) is 10.9. The van der Waals surface area contributed by atoms with Crippen molar-refractivity contribution in [1.29, 1.82) is 0 Å². The van der Waals surface area contributed by atoms with Gasteiger partial charge in [-0.2, -0.15) is 0 Å². The number of hydrogen-bond acceptors (Lipinski definition) is 5. The van der Waals surface area contributed by atoms with Crippen molar-refractivity contribution in [2.75, 3.05) is 7.11 Å². The van der Waals surface area contributed by atoms with Gasteiger partial charge in [-0.25, -0.2) is 9.36 Å². The molecule has 0 saturated carbocycles. The molecule has 1 N–H and O–H groups in total. The predicted octanol–water partition coefficient (Wildman–Crippen LogP) is 3.19. The zero-order valence-corrected chi connectivity index (χ0v) is 18.1. The third-order valence-electron chi connectivity index (χ3n) is 4.79. The van der Waals surface area contributed by atoms with E-state index in [2.05, 4.69) is 5.32 Å². The van der Waals surface area contributed by atoms with E-state index in [1.54, 1.807) is 42.8 Å². The van der Waals surface area contributed by atoms with E-state index in [-0.39, 0.29) is 12.5 Å². The van der Waals surface area contributed by atoms with E-state index in [4.69, 9.17) is 16.3 Å². The number of amides is 1. The van der Waals surface area contributed by atoms with Crippen LogP contribution in [0.25, 0.3) is 15.9 Å². The highest BCUT2D eigenvalue weighted by Crippen LogP contribution is 2.17. The Bertz CT molecular complexity index is 1360. The summed E-state index contributed by atoms with van der Waals surface area (Å²) in [5, 5.41) is 5.03. The number of nitrogens with one attached hydrogen (secondary N) is 1. The Balaban J connectivity index is 1.64. The van der Waals surface area contributed by atoms with Crippen LogP contribution >= 0.6 is 22.9 Å². The molecule has 0 unspecified atom stereocenters. The lowest BCUT2D eigenvalue weighted by molar-refractivity contribution is -0.121. The second-order valence-electron chi connectivity index (χ2n) is 6.75. The molecular formula is C22H18ClN3O4S. The molecule has 0 bridgehead atoms. The molecule has 0 aliphatic rings. The number of halogens is 1. The van der Waals surface area contributed by atoms with Gasteiger partial charge in [0.25, 0.3) is 5.56 Å². The molecule has 9 heteroatoms. The number of hydrogen-bond donors (Lipinski definition) is 1. The van der Waals surface area contributed by atoms with E-state index in [0.717, 1.165) is 15.9 Å². The van der Waals surface area contributed by atoms with Crippen LogP contribution in [0.4, 0.5) is 0 Å². The van der Waals surface area contributed by atoms with E-state index in [1.807, 2.05) is 24.3 Å². The Labute approximate surface area is 186 Å². The second kappa shape index (κ2) is 8.79. The number of ether oxygens (including phenoxy) is 1. The van der Waals surface area contributed by atoms with Crippen LogP contribution in [0, 0.1) is 0 Å². The smallest absolute Gasteiger partial charge is 0.336 e. The van der Waals surface area contributed by atoms with Crippen molar-refractivity contribution in [2.24, 2.45) is 0 Å². The van der Waals surface area contributed by atoms with E-state index < -0.39 is 11.2 Å². The quantitative estimate of drug-likeness (QED) is 0.484. The van der Waals surface area contributed by atoms with Crippen molar-refractivity contribution in [2.45, 2.75) is 13.1 Å². The molecule has 2 aromatic heterocycles. The Morgan fingerprint density at radius 1 is 1.06 bits per heavy atom. The summed E-state index contributed by atoms with van der Waals surface area (Å²) in [4.78, 5) is 38.7. The summed E-state index contributed by atoms with van der Waals surface area (Å²) in [6, 6.07) is 15.4. The van der Waals surface area contributed by atoms with Gasteiger partial charge in [-0.05, 0) is 53.4 Å². The van der Waals surface area contributed by atoms with Crippen LogP contribution in [0.2, 0.25) is 5.02 Å². The van der Waals surface area contributed by atoms with Gasteiger partial charge in [0.2, 0.25) is 5.91 Å². The van der Waals surface area contributed by atoms with Crippen LogP contribution in [0.1, 0.15) is 5.56 Å². The van der Waals surface area contributed by atoms with Gasteiger partial charge in [-0.1, -0.05) is 23.7 Å². The van der Waals surface area contributed by atoms with Gasteiger partial charge in [0.15, 0.2) is 0 Å². The van der Waals surface area contributed by atoms with Crippen LogP contribution in [0.3, 0.4) is 0 Å². The van der Waals surface area contributed by atoms with Crippen molar-refractivity contribution in [3.8, 4) is 11.4 Å². The van der Waals surface area contributed by atoms with E-state index in [0.29, 0.717) is 27.5 Å². The van der Waals surface area contributed by atoms with E-state index in [9.17, 15) is 14.4 Å². The van der Waals surface area contributed by atoms with Gasteiger partial charge >= 0.3 is 5.69 Å². The maximum atomic E-state index is 13.2. The van der Waals surface area contributed by atoms with Crippen molar-refractivity contribution in [3.63, 3.8) is 0 Å². The van der Waals surface area contributed by atoms with Gasteiger partial charge in [-0.15, -0.1) is 11.3 Å². The first-order valence-corrected chi connectivity index (χ1v) is 10.6.